The van der Waals surface area contributed by atoms with E-state index in [4.69, 9.17) is 17.3 Å². The zero-order valence-corrected chi connectivity index (χ0v) is 15.4. The van der Waals surface area contributed by atoms with Crippen molar-refractivity contribution in [2.75, 3.05) is 6.54 Å². The van der Waals surface area contributed by atoms with E-state index >= 15 is 0 Å². The van der Waals surface area contributed by atoms with E-state index in [2.05, 4.69) is 24.3 Å². The van der Waals surface area contributed by atoms with Crippen LogP contribution in [-0.2, 0) is 5.41 Å². The molecular weight excluding hydrogens is 342 g/mol. The summed E-state index contributed by atoms with van der Waals surface area (Å²) in [6.07, 6.45) is 0.675. The Kier molecular flexibility index (Phi) is 6.10. The molecule has 3 aromatic rings. The summed E-state index contributed by atoms with van der Waals surface area (Å²) in [4.78, 5) is 0. The lowest BCUT2D eigenvalue weighted by Gasteiger charge is -2.40. The van der Waals surface area contributed by atoms with Gasteiger partial charge < -0.3 is 10.8 Å². The van der Waals surface area contributed by atoms with Crippen molar-refractivity contribution in [1.82, 2.24) is 0 Å². The molecule has 1 atom stereocenters. The monoisotopic (exact) mass is 365 g/mol. The molecule has 0 spiro atoms. The summed E-state index contributed by atoms with van der Waals surface area (Å²) < 4.78 is 0. The maximum Gasteiger partial charge on any atom is 0.0725 e. The third kappa shape index (κ3) is 3.41. The summed E-state index contributed by atoms with van der Waals surface area (Å²) in [6, 6.07) is 28.0. The third-order valence-corrected chi connectivity index (χ3v) is 5.27. The highest BCUT2D eigenvalue weighted by atomic mass is 35.5. The molecule has 3 aromatic carbocycles. The average Bonchev–Trinajstić information content (AvgIpc) is 2.70. The zero-order chi connectivity index (χ0) is 18.4. The van der Waals surface area contributed by atoms with Crippen LogP contribution in [0.2, 0.25) is 5.02 Å². The molecule has 2 nitrogen and oxygen atoms in total. The molecule has 0 bridgehead atoms. The first-order chi connectivity index (χ1) is 12.7. The largest absolute Gasteiger partial charge is 0.391 e. The van der Waals surface area contributed by atoms with Crippen LogP contribution in [0.3, 0.4) is 0 Å². The first kappa shape index (κ1) is 18.7. The molecule has 1 unspecified atom stereocenters. The molecule has 3 rings (SSSR count). The lowest BCUT2D eigenvalue weighted by Crippen LogP contribution is -2.42. The van der Waals surface area contributed by atoms with Crippen molar-refractivity contribution < 1.29 is 5.11 Å². The number of aliphatic hydroxyl groups is 1. The van der Waals surface area contributed by atoms with Gasteiger partial charge in [-0.2, -0.15) is 0 Å². The first-order valence-corrected chi connectivity index (χ1v) is 9.33. The number of halogens is 1. The fourth-order valence-corrected chi connectivity index (χ4v) is 4.04. The van der Waals surface area contributed by atoms with Gasteiger partial charge in [-0.15, -0.1) is 0 Å². The molecule has 0 saturated heterocycles. The van der Waals surface area contributed by atoms with E-state index in [0.717, 1.165) is 23.1 Å². The summed E-state index contributed by atoms with van der Waals surface area (Å²) in [5.74, 6) is 0. The minimum absolute atomic E-state index is 0.541. The normalized spacial score (nSPS) is 12.7. The van der Waals surface area contributed by atoms with Crippen LogP contribution in [0.1, 0.15) is 29.5 Å². The molecule has 0 aliphatic heterocycles. The van der Waals surface area contributed by atoms with Crippen molar-refractivity contribution >= 4 is 11.6 Å². The molecule has 0 amide bonds. The Hall–Kier alpha value is -2.13. The van der Waals surface area contributed by atoms with E-state index in [-0.39, 0.29) is 0 Å². The van der Waals surface area contributed by atoms with Crippen LogP contribution >= 0.6 is 11.6 Å². The van der Waals surface area contributed by atoms with E-state index in [1.165, 1.54) is 0 Å². The summed E-state index contributed by atoms with van der Waals surface area (Å²) in [7, 11) is 0. The van der Waals surface area contributed by atoms with Gasteiger partial charge in [-0.1, -0.05) is 90.5 Å². The van der Waals surface area contributed by atoms with Gasteiger partial charge in [-0.25, -0.2) is 0 Å². The van der Waals surface area contributed by atoms with Crippen LogP contribution < -0.4 is 5.73 Å². The van der Waals surface area contributed by atoms with E-state index in [1.54, 1.807) is 0 Å². The fourth-order valence-electron chi connectivity index (χ4n) is 3.75. The molecular formula is C23H24ClNO. The van der Waals surface area contributed by atoms with Gasteiger partial charge in [0.1, 0.15) is 0 Å². The van der Waals surface area contributed by atoms with Crippen LogP contribution in [0.5, 0.6) is 0 Å². The number of rotatable bonds is 7. The van der Waals surface area contributed by atoms with Crippen molar-refractivity contribution in [2.45, 2.75) is 24.4 Å². The van der Waals surface area contributed by atoms with Crippen LogP contribution in [0, 0.1) is 0 Å². The van der Waals surface area contributed by atoms with Crippen LogP contribution in [0.15, 0.2) is 84.9 Å². The number of hydrogen-bond donors (Lipinski definition) is 2. The molecule has 0 radical (unpaired) electrons. The molecule has 0 aromatic heterocycles. The highest BCUT2D eigenvalue weighted by Crippen LogP contribution is 2.45. The number of nitrogens with two attached hydrogens (primary N) is 1. The SMILES string of the molecule is NCCCC(O)C(c1ccccc1)(c1ccccc1)c1ccccc1Cl. The second kappa shape index (κ2) is 8.50. The predicted molar refractivity (Wildman–Crippen MR) is 109 cm³/mol. The molecule has 0 heterocycles. The molecule has 0 aliphatic rings. The zero-order valence-electron chi connectivity index (χ0n) is 14.7. The molecule has 26 heavy (non-hydrogen) atoms. The van der Waals surface area contributed by atoms with Crippen molar-refractivity contribution in [3.63, 3.8) is 0 Å². The minimum Gasteiger partial charge on any atom is -0.391 e. The quantitative estimate of drug-likeness (QED) is 0.592. The molecule has 0 aliphatic carbocycles. The fraction of sp³-hybridized carbons (Fsp3) is 0.217. The number of benzene rings is 3. The van der Waals surface area contributed by atoms with Gasteiger partial charge in [-0.3, -0.25) is 0 Å². The maximum atomic E-state index is 11.5. The molecule has 0 fully saturated rings. The summed E-state index contributed by atoms with van der Waals surface area (Å²) in [6.45, 7) is 0.541. The number of aliphatic hydroxyl groups excluding tert-OH is 1. The Morgan fingerprint density at radius 1 is 0.808 bits per heavy atom. The smallest absolute Gasteiger partial charge is 0.0725 e. The van der Waals surface area contributed by atoms with E-state index in [1.807, 2.05) is 60.7 Å². The predicted octanol–water partition coefficient (Wildman–Crippen LogP) is 4.77. The Morgan fingerprint density at radius 3 is 1.81 bits per heavy atom. The second-order valence-electron chi connectivity index (χ2n) is 6.47. The van der Waals surface area contributed by atoms with Gasteiger partial charge in [0.15, 0.2) is 0 Å². The first-order valence-electron chi connectivity index (χ1n) is 8.95. The van der Waals surface area contributed by atoms with Gasteiger partial charge >= 0.3 is 0 Å². The molecule has 0 saturated carbocycles. The summed E-state index contributed by atoms with van der Waals surface area (Å²) in [5.41, 5.74) is 7.92. The molecule has 3 N–H and O–H groups in total. The molecule has 3 heteroatoms. The lowest BCUT2D eigenvalue weighted by molar-refractivity contribution is 0.110. The van der Waals surface area contributed by atoms with Crippen LogP contribution in [0.25, 0.3) is 0 Å². The Balaban J connectivity index is 2.33. The lowest BCUT2D eigenvalue weighted by atomic mass is 9.65. The van der Waals surface area contributed by atoms with Crippen molar-refractivity contribution in [3.05, 3.63) is 107 Å². The van der Waals surface area contributed by atoms with Gasteiger partial charge in [0.2, 0.25) is 0 Å². The van der Waals surface area contributed by atoms with Crippen molar-refractivity contribution in [1.29, 1.82) is 0 Å². The topological polar surface area (TPSA) is 46.2 Å². The summed E-state index contributed by atoms with van der Waals surface area (Å²) in [5, 5.41) is 12.1. The Bertz CT molecular complexity index is 780. The van der Waals surface area contributed by atoms with Gasteiger partial charge in [0, 0.05) is 5.02 Å². The minimum atomic E-state index is -0.754. The highest BCUT2D eigenvalue weighted by molar-refractivity contribution is 6.31. The van der Waals surface area contributed by atoms with Crippen LogP contribution in [-0.4, -0.2) is 17.8 Å². The average molecular weight is 366 g/mol. The third-order valence-electron chi connectivity index (χ3n) is 4.94. The molecule has 134 valence electrons. The van der Waals surface area contributed by atoms with Gasteiger partial charge in [-0.05, 0) is 42.1 Å². The van der Waals surface area contributed by atoms with Crippen LogP contribution in [0.4, 0.5) is 0 Å². The maximum absolute atomic E-state index is 11.5. The standard InChI is InChI=1S/C23H24ClNO/c24-21-15-8-7-14-20(21)23(22(26)16-9-17-25,18-10-3-1-4-11-18)19-12-5-2-6-13-19/h1-8,10-15,22,26H,9,16-17,25H2. The Morgan fingerprint density at radius 2 is 1.31 bits per heavy atom. The highest BCUT2D eigenvalue weighted by Gasteiger charge is 2.43. The van der Waals surface area contributed by atoms with Crippen molar-refractivity contribution in [3.8, 4) is 0 Å². The van der Waals surface area contributed by atoms with E-state index < -0.39 is 11.5 Å². The van der Waals surface area contributed by atoms with E-state index in [9.17, 15) is 5.11 Å². The number of hydrogen-bond acceptors (Lipinski definition) is 2. The van der Waals surface area contributed by atoms with Crippen molar-refractivity contribution in [2.24, 2.45) is 5.73 Å². The second-order valence-corrected chi connectivity index (χ2v) is 6.87. The Labute approximate surface area is 160 Å². The van der Waals surface area contributed by atoms with E-state index in [0.29, 0.717) is 18.0 Å². The summed E-state index contributed by atoms with van der Waals surface area (Å²) >= 11 is 6.65. The van der Waals surface area contributed by atoms with Gasteiger partial charge in [0.25, 0.3) is 0 Å². The van der Waals surface area contributed by atoms with Gasteiger partial charge in [0.05, 0.1) is 11.5 Å².